The maximum atomic E-state index is 12.5. The van der Waals surface area contributed by atoms with E-state index in [4.69, 9.17) is 5.11 Å². The molecule has 0 saturated heterocycles. The Bertz CT molecular complexity index is 382. The summed E-state index contributed by atoms with van der Waals surface area (Å²) in [6.45, 7) is 2.99. The summed E-state index contributed by atoms with van der Waals surface area (Å²) in [4.78, 5) is 10.6. The first-order valence-electron chi connectivity index (χ1n) is 4.13. The van der Waals surface area contributed by atoms with Gasteiger partial charge in [-0.05, 0) is 13.8 Å². The van der Waals surface area contributed by atoms with Crippen molar-refractivity contribution in [2.24, 2.45) is 0 Å². The number of aromatic nitrogens is 2. The van der Waals surface area contributed by atoms with E-state index in [9.17, 15) is 18.0 Å². The lowest BCUT2D eigenvalue weighted by Gasteiger charge is -2.13. The summed E-state index contributed by atoms with van der Waals surface area (Å²) < 4.78 is 38.3. The van der Waals surface area contributed by atoms with Gasteiger partial charge in [0.1, 0.15) is 5.56 Å². The zero-order valence-electron chi connectivity index (χ0n) is 8.04. The van der Waals surface area contributed by atoms with Crippen LogP contribution in [-0.2, 0) is 6.18 Å². The van der Waals surface area contributed by atoms with Crippen molar-refractivity contribution in [3.63, 3.8) is 0 Å². The predicted octanol–water partition coefficient (Wildman–Crippen LogP) is 2.18. The van der Waals surface area contributed by atoms with Crippen molar-refractivity contribution < 1.29 is 23.1 Å². The van der Waals surface area contributed by atoms with Crippen molar-refractivity contribution in [3.8, 4) is 0 Å². The molecule has 0 unspecified atom stereocenters. The van der Waals surface area contributed by atoms with Crippen LogP contribution in [0.1, 0.15) is 35.9 Å². The fraction of sp³-hybridized carbons (Fsp3) is 0.500. The predicted molar refractivity (Wildman–Crippen MR) is 44.6 cm³/mol. The summed E-state index contributed by atoms with van der Waals surface area (Å²) in [7, 11) is 0. The molecule has 0 aliphatic carbocycles. The van der Waals surface area contributed by atoms with Crippen LogP contribution in [0.5, 0.6) is 0 Å². The molecule has 1 aromatic heterocycles. The maximum Gasteiger partial charge on any atom is 0.433 e. The first-order chi connectivity index (χ1) is 6.75. The van der Waals surface area contributed by atoms with Crippen molar-refractivity contribution in [2.45, 2.75) is 26.1 Å². The monoisotopic (exact) mass is 222 g/mol. The number of alkyl halides is 3. The van der Waals surface area contributed by atoms with Gasteiger partial charge in [-0.3, -0.25) is 4.68 Å². The second-order valence-corrected chi connectivity index (χ2v) is 3.25. The molecule has 0 fully saturated rings. The van der Waals surface area contributed by atoms with Crippen LogP contribution in [0.15, 0.2) is 6.20 Å². The third kappa shape index (κ3) is 2.11. The number of nitrogens with zero attached hydrogens (tertiary/aromatic N) is 2. The number of hydrogen-bond acceptors (Lipinski definition) is 2. The number of halogens is 3. The average Bonchev–Trinajstić information content (AvgIpc) is 2.45. The highest BCUT2D eigenvalue weighted by molar-refractivity contribution is 5.88. The lowest BCUT2D eigenvalue weighted by atomic mass is 10.2. The molecule has 1 aromatic rings. The maximum absolute atomic E-state index is 12.5. The van der Waals surface area contributed by atoms with Crippen molar-refractivity contribution in [1.82, 2.24) is 9.78 Å². The third-order valence-corrected chi connectivity index (χ3v) is 1.78. The van der Waals surface area contributed by atoms with E-state index in [0.717, 1.165) is 0 Å². The second kappa shape index (κ2) is 3.56. The molecule has 0 bridgehead atoms. The minimum absolute atomic E-state index is 0.547. The van der Waals surface area contributed by atoms with Crippen LogP contribution >= 0.6 is 0 Å². The first kappa shape index (κ1) is 11.5. The molecule has 0 amide bonds. The Morgan fingerprint density at radius 3 is 2.40 bits per heavy atom. The fourth-order valence-corrected chi connectivity index (χ4v) is 1.19. The van der Waals surface area contributed by atoms with Crippen molar-refractivity contribution in [3.05, 3.63) is 17.5 Å². The van der Waals surface area contributed by atoms with Gasteiger partial charge in [0.05, 0.1) is 6.20 Å². The highest BCUT2D eigenvalue weighted by Gasteiger charge is 2.40. The number of carboxylic acid groups (broad SMARTS) is 1. The van der Waals surface area contributed by atoms with E-state index < -0.39 is 29.4 Å². The lowest BCUT2D eigenvalue weighted by Crippen LogP contribution is -2.19. The van der Waals surface area contributed by atoms with Gasteiger partial charge < -0.3 is 5.11 Å². The lowest BCUT2D eigenvalue weighted by molar-refractivity contribution is -0.145. The number of hydrogen-bond donors (Lipinski definition) is 1. The Morgan fingerprint density at radius 2 is 2.07 bits per heavy atom. The standard InChI is InChI=1S/C8H9F3N2O2/c1-4(2)13-6(8(9,10)11)5(3-12-13)7(14)15/h3-4H,1-2H3,(H,14,15). The second-order valence-electron chi connectivity index (χ2n) is 3.25. The van der Waals surface area contributed by atoms with Crippen molar-refractivity contribution in [2.75, 3.05) is 0 Å². The zero-order chi connectivity index (χ0) is 11.8. The van der Waals surface area contributed by atoms with Gasteiger partial charge in [-0.15, -0.1) is 0 Å². The molecule has 7 heteroatoms. The van der Waals surface area contributed by atoms with E-state index >= 15 is 0 Å². The molecule has 0 aliphatic rings. The number of aromatic carboxylic acids is 1. The molecule has 0 spiro atoms. The van der Waals surface area contributed by atoms with Gasteiger partial charge in [-0.25, -0.2) is 4.79 Å². The molecular formula is C8H9F3N2O2. The Hall–Kier alpha value is -1.53. The van der Waals surface area contributed by atoms with Crippen LogP contribution in [0.2, 0.25) is 0 Å². The SMILES string of the molecule is CC(C)n1ncc(C(=O)O)c1C(F)(F)F. The minimum Gasteiger partial charge on any atom is -0.478 e. The molecule has 0 aromatic carbocycles. The normalized spacial score (nSPS) is 12.1. The van der Waals surface area contributed by atoms with Gasteiger partial charge in [0.15, 0.2) is 5.69 Å². The molecule has 0 atom stereocenters. The van der Waals surface area contributed by atoms with Crippen LogP contribution in [0.4, 0.5) is 13.2 Å². The summed E-state index contributed by atoms with van der Waals surface area (Å²) >= 11 is 0. The number of rotatable bonds is 2. The molecule has 15 heavy (non-hydrogen) atoms. The van der Waals surface area contributed by atoms with Crippen LogP contribution in [0.3, 0.4) is 0 Å². The summed E-state index contributed by atoms with van der Waals surface area (Å²) in [6, 6.07) is -0.547. The van der Waals surface area contributed by atoms with E-state index in [1.54, 1.807) is 0 Å². The van der Waals surface area contributed by atoms with Gasteiger partial charge in [-0.2, -0.15) is 18.3 Å². The highest BCUT2D eigenvalue weighted by atomic mass is 19.4. The Morgan fingerprint density at radius 1 is 1.53 bits per heavy atom. The summed E-state index contributed by atoms with van der Waals surface area (Å²) in [5, 5.41) is 12.0. The van der Waals surface area contributed by atoms with Gasteiger partial charge in [-0.1, -0.05) is 0 Å². The molecule has 4 nitrogen and oxygen atoms in total. The van der Waals surface area contributed by atoms with E-state index in [1.165, 1.54) is 13.8 Å². The van der Waals surface area contributed by atoms with E-state index in [-0.39, 0.29) is 0 Å². The minimum atomic E-state index is -4.71. The van der Waals surface area contributed by atoms with Gasteiger partial charge >= 0.3 is 12.1 Å². The average molecular weight is 222 g/mol. The third-order valence-electron chi connectivity index (χ3n) is 1.78. The van der Waals surface area contributed by atoms with Crippen molar-refractivity contribution >= 4 is 5.97 Å². The molecule has 0 aliphatic heterocycles. The van der Waals surface area contributed by atoms with Gasteiger partial charge in [0.2, 0.25) is 0 Å². The topological polar surface area (TPSA) is 55.1 Å². The molecule has 1 N–H and O–H groups in total. The van der Waals surface area contributed by atoms with E-state index in [1.807, 2.05) is 0 Å². The van der Waals surface area contributed by atoms with Crippen LogP contribution in [0, 0.1) is 0 Å². The number of carbonyl (C=O) groups is 1. The Labute approximate surface area is 83.3 Å². The number of carboxylic acids is 1. The molecule has 0 saturated carbocycles. The smallest absolute Gasteiger partial charge is 0.433 e. The largest absolute Gasteiger partial charge is 0.478 e. The summed E-state index contributed by atoms with van der Waals surface area (Å²) in [5.41, 5.74) is -2.04. The first-order valence-corrected chi connectivity index (χ1v) is 4.13. The van der Waals surface area contributed by atoms with Gasteiger partial charge in [0, 0.05) is 6.04 Å². The summed E-state index contributed by atoms with van der Waals surface area (Å²) in [5.74, 6) is -1.63. The molecule has 0 radical (unpaired) electrons. The van der Waals surface area contributed by atoms with E-state index in [2.05, 4.69) is 5.10 Å². The molecule has 1 rings (SSSR count). The fourth-order valence-electron chi connectivity index (χ4n) is 1.19. The van der Waals surface area contributed by atoms with Crippen LogP contribution in [-0.4, -0.2) is 20.9 Å². The highest BCUT2D eigenvalue weighted by Crippen LogP contribution is 2.33. The Kier molecular flexibility index (Phi) is 2.74. The van der Waals surface area contributed by atoms with E-state index in [0.29, 0.717) is 10.9 Å². The zero-order valence-corrected chi connectivity index (χ0v) is 8.04. The van der Waals surface area contributed by atoms with Gasteiger partial charge in [0.25, 0.3) is 0 Å². The van der Waals surface area contributed by atoms with Crippen LogP contribution in [0.25, 0.3) is 0 Å². The molecular weight excluding hydrogens is 213 g/mol. The molecule has 84 valence electrons. The van der Waals surface area contributed by atoms with Crippen LogP contribution < -0.4 is 0 Å². The Balaban J connectivity index is 3.40. The molecule has 1 heterocycles. The van der Waals surface area contributed by atoms with Crippen molar-refractivity contribution in [1.29, 1.82) is 0 Å². The summed E-state index contributed by atoms with van der Waals surface area (Å²) in [6.07, 6.45) is -4.00. The quantitative estimate of drug-likeness (QED) is 0.834.